The second-order valence-electron chi connectivity index (χ2n) is 3.32. The van der Waals surface area contributed by atoms with Crippen molar-refractivity contribution in [2.75, 3.05) is 0 Å². The van der Waals surface area contributed by atoms with Gasteiger partial charge in [-0.15, -0.1) is 0 Å². The van der Waals surface area contributed by atoms with Crippen molar-refractivity contribution in [3.63, 3.8) is 0 Å². The average Bonchev–Trinajstić information content (AvgIpc) is 2.46. The van der Waals surface area contributed by atoms with Gasteiger partial charge < -0.3 is 0 Å². The minimum Gasteiger partial charge on any atom is -0.0870 e. The van der Waals surface area contributed by atoms with Crippen LogP contribution in [-0.4, -0.2) is 0 Å². The van der Waals surface area contributed by atoms with E-state index in [9.17, 15) is 0 Å². The Labute approximate surface area is 114 Å². The van der Waals surface area contributed by atoms with E-state index in [2.05, 4.69) is 55.5 Å². The van der Waals surface area contributed by atoms with Crippen molar-refractivity contribution in [1.82, 2.24) is 0 Å². The lowest BCUT2D eigenvalue weighted by molar-refractivity contribution is 0.962. The summed E-state index contributed by atoms with van der Waals surface area (Å²) in [5.41, 5.74) is 2.60. The summed E-state index contributed by atoms with van der Waals surface area (Å²) in [6, 6.07) is 8.46. The number of allylic oxidation sites excluding steroid dienone is 2. The largest absolute Gasteiger partial charge is 0.0870 e. The summed E-state index contributed by atoms with van der Waals surface area (Å²) in [4.78, 5) is 0. The van der Waals surface area contributed by atoms with E-state index in [1.165, 1.54) is 17.5 Å². The smallest absolute Gasteiger partial charge is 0.0187 e. The first-order valence-electron chi connectivity index (χ1n) is 7.26. The zero-order valence-corrected chi connectivity index (χ0v) is 13.0. The number of unbranched alkanes of at least 4 members (excludes halogenated alkanes) is 1. The Morgan fingerprint density at radius 3 is 1.83 bits per heavy atom. The first-order valence-corrected chi connectivity index (χ1v) is 7.26. The van der Waals surface area contributed by atoms with Gasteiger partial charge in [0.25, 0.3) is 0 Å². The van der Waals surface area contributed by atoms with Crippen LogP contribution in [-0.2, 0) is 0 Å². The summed E-state index contributed by atoms with van der Waals surface area (Å²) in [6.45, 7) is 12.2. The number of rotatable bonds is 4. The molecule has 1 rings (SSSR count). The molecule has 0 N–H and O–H groups in total. The lowest BCUT2D eigenvalue weighted by Crippen LogP contribution is -1.78. The van der Waals surface area contributed by atoms with Crippen LogP contribution in [0.4, 0.5) is 0 Å². The van der Waals surface area contributed by atoms with Gasteiger partial charge in [0, 0.05) is 0 Å². The molecule has 0 aromatic heterocycles. The van der Waals surface area contributed by atoms with Crippen LogP contribution in [0.1, 0.15) is 65.5 Å². The van der Waals surface area contributed by atoms with Gasteiger partial charge in [-0.1, -0.05) is 89.6 Å². The summed E-state index contributed by atoms with van der Waals surface area (Å²) < 4.78 is 0. The fourth-order valence-electron chi connectivity index (χ4n) is 1.37. The summed E-state index contributed by atoms with van der Waals surface area (Å²) in [6.07, 6.45) is 11.0. The van der Waals surface area contributed by atoms with Gasteiger partial charge in [0.05, 0.1) is 0 Å². The van der Waals surface area contributed by atoms with Crippen molar-refractivity contribution < 1.29 is 0 Å². The standard InChI is InChI=1S/C14H18.2C2H6/c1-3-5-6-10-14-12-8-7-11-13(14)9-4-2;2*1-2/h4,6-12H,3,5H2,1-2H3;2*1-2H3. The Morgan fingerprint density at radius 1 is 0.889 bits per heavy atom. The molecule has 0 unspecified atom stereocenters. The minimum atomic E-state index is 1.16. The van der Waals surface area contributed by atoms with Gasteiger partial charge in [-0.05, 0) is 24.5 Å². The maximum absolute atomic E-state index is 2.24. The number of benzene rings is 1. The van der Waals surface area contributed by atoms with E-state index >= 15 is 0 Å². The molecule has 18 heavy (non-hydrogen) atoms. The Hall–Kier alpha value is -1.30. The first kappa shape index (κ1) is 19.0. The third kappa shape index (κ3) is 8.81. The molecule has 0 aliphatic carbocycles. The van der Waals surface area contributed by atoms with E-state index in [-0.39, 0.29) is 0 Å². The predicted octanol–water partition coefficient (Wildman–Crippen LogP) is 6.59. The van der Waals surface area contributed by atoms with E-state index < -0.39 is 0 Å². The second kappa shape index (κ2) is 15.7. The molecule has 0 aliphatic rings. The van der Waals surface area contributed by atoms with Gasteiger partial charge >= 0.3 is 0 Å². The van der Waals surface area contributed by atoms with E-state index in [0.717, 1.165) is 6.42 Å². The third-order valence-corrected chi connectivity index (χ3v) is 2.09. The molecular weight excluding hydrogens is 216 g/mol. The van der Waals surface area contributed by atoms with Crippen LogP contribution in [0.15, 0.2) is 36.4 Å². The summed E-state index contributed by atoms with van der Waals surface area (Å²) >= 11 is 0. The molecule has 1 aromatic carbocycles. The van der Waals surface area contributed by atoms with Crippen LogP contribution in [0, 0.1) is 0 Å². The van der Waals surface area contributed by atoms with Gasteiger partial charge in [0.15, 0.2) is 0 Å². The molecule has 0 saturated heterocycles. The molecule has 102 valence electrons. The third-order valence-electron chi connectivity index (χ3n) is 2.09. The summed E-state index contributed by atoms with van der Waals surface area (Å²) in [5, 5.41) is 0. The zero-order chi connectivity index (χ0) is 14.2. The Kier molecular flexibility index (Phi) is 16.6. The fourth-order valence-corrected chi connectivity index (χ4v) is 1.37. The molecule has 1 aromatic rings. The average molecular weight is 246 g/mol. The number of hydrogen-bond donors (Lipinski definition) is 0. The van der Waals surface area contributed by atoms with Crippen LogP contribution in [0.2, 0.25) is 0 Å². The normalized spacial score (nSPS) is 9.67. The maximum Gasteiger partial charge on any atom is -0.0187 e. The molecule has 0 atom stereocenters. The van der Waals surface area contributed by atoms with Crippen LogP contribution in [0.3, 0.4) is 0 Å². The highest BCUT2D eigenvalue weighted by molar-refractivity contribution is 5.64. The lowest BCUT2D eigenvalue weighted by atomic mass is 10.1. The van der Waals surface area contributed by atoms with Crippen molar-refractivity contribution in [3.8, 4) is 0 Å². The highest BCUT2D eigenvalue weighted by atomic mass is 14.0. The van der Waals surface area contributed by atoms with Crippen LogP contribution in [0.5, 0.6) is 0 Å². The van der Waals surface area contributed by atoms with Gasteiger partial charge in [-0.2, -0.15) is 0 Å². The Balaban J connectivity index is 0. The fraction of sp³-hybridized carbons (Fsp3) is 0.444. The molecule has 0 heteroatoms. The van der Waals surface area contributed by atoms with Gasteiger partial charge in [-0.25, -0.2) is 0 Å². The minimum absolute atomic E-state index is 1.16. The van der Waals surface area contributed by atoms with Crippen LogP contribution in [0.25, 0.3) is 12.2 Å². The molecule has 0 bridgehead atoms. The topological polar surface area (TPSA) is 0 Å². The van der Waals surface area contributed by atoms with Crippen molar-refractivity contribution in [2.24, 2.45) is 0 Å². The van der Waals surface area contributed by atoms with E-state index in [1.807, 2.05) is 34.6 Å². The molecule has 0 heterocycles. The molecule has 0 radical (unpaired) electrons. The van der Waals surface area contributed by atoms with Gasteiger partial charge in [-0.3, -0.25) is 0 Å². The molecule has 0 aliphatic heterocycles. The van der Waals surface area contributed by atoms with Gasteiger partial charge in [0.1, 0.15) is 0 Å². The molecule has 0 saturated carbocycles. The van der Waals surface area contributed by atoms with Crippen molar-refractivity contribution in [2.45, 2.75) is 54.4 Å². The summed E-state index contributed by atoms with van der Waals surface area (Å²) in [5.74, 6) is 0. The first-order chi connectivity index (χ1) is 8.88. The quantitative estimate of drug-likeness (QED) is 0.562. The lowest BCUT2D eigenvalue weighted by Gasteiger charge is -1.99. The molecule has 0 nitrogen and oxygen atoms in total. The van der Waals surface area contributed by atoms with E-state index in [0.29, 0.717) is 0 Å². The van der Waals surface area contributed by atoms with Crippen molar-refractivity contribution in [1.29, 1.82) is 0 Å². The van der Waals surface area contributed by atoms with E-state index in [1.54, 1.807) is 0 Å². The Bertz CT molecular complexity index is 319. The van der Waals surface area contributed by atoms with Gasteiger partial charge in [0.2, 0.25) is 0 Å². The molecule has 0 amide bonds. The highest BCUT2D eigenvalue weighted by Gasteiger charge is 1.92. The zero-order valence-electron chi connectivity index (χ0n) is 13.0. The van der Waals surface area contributed by atoms with Crippen molar-refractivity contribution >= 4 is 12.2 Å². The molecule has 0 fully saturated rings. The molecule has 0 spiro atoms. The SMILES string of the molecule is CC.CC.CC=Cc1ccccc1C=CCCC. The van der Waals surface area contributed by atoms with E-state index in [4.69, 9.17) is 0 Å². The van der Waals surface area contributed by atoms with Crippen molar-refractivity contribution in [3.05, 3.63) is 47.5 Å². The maximum atomic E-state index is 2.24. The molecular formula is C18H30. The van der Waals surface area contributed by atoms with Crippen LogP contribution < -0.4 is 0 Å². The Morgan fingerprint density at radius 2 is 1.39 bits per heavy atom. The highest BCUT2D eigenvalue weighted by Crippen LogP contribution is 2.13. The monoisotopic (exact) mass is 246 g/mol. The summed E-state index contributed by atoms with van der Waals surface area (Å²) in [7, 11) is 0. The second-order valence-corrected chi connectivity index (χ2v) is 3.32. The number of hydrogen-bond acceptors (Lipinski definition) is 0. The van der Waals surface area contributed by atoms with Crippen LogP contribution >= 0.6 is 0 Å². The predicted molar refractivity (Wildman–Crippen MR) is 87.8 cm³/mol.